The van der Waals surface area contributed by atoms with E-state index in [9.17, 15) is 0 Å². The molecular weight excluding hydrogens is 236 g/mol. The molecule has 0 amide bonds. The molecule has 0 saturated carbocycles. The third-order valence-electron chi connectivity index (χ3n) is 3.71. The third kappa shape index (κ3) is 2.50. The van der Waals surface area contributed by atoms with Crippen molar-refractivity contribution >= 4 is 0 Å². The van der Waals surface area contributed by atoms with Crippen LogP contribution in [0.3, 0.4) is 0 Å². The summed E-state index contributed by atoms with van der Waals surface area (Å²) in [6, 6.07) is 10.7. The number of fused-ring (bicyclic) bond motifs is 1. The van der Waals surface area contributed by atoms with Gasteiger partial charge in [-0.1, -0.05) is 24.3 Å². The monoisotopic (exact) mass is 254 g/mol. The van der Waals surface area contributed by atoms with Crippen molar-refractivity contribution in [1.82, 2.24) is 14.9 Å². The molecule has 2 heterocycles. The largest absolute Gasteiger partial charge is 0.329 e. The zero-order valence-corrected chi connectivity index (χ0v) is 10.9. The first-order chi connectivity index (χ1) is 9.38. The lowest BCUT2D eigenvalue weighted by Gasteiger charge is -2.36. The van der Waals surface area contributed by atoms with Gasteiger partial charge in [0.05, 0.1) is 6.54 Å². The fraction of sp³-hybridized carbons (Fsp3) is 0.333. The molecule has 0 radical (unpaired) electrons. The van der Waals surface area contributed by atoms with E-state index in [1.165, 1.54) is 11.1 Å². The second-order valence-corrected chi connectivity index (χ2v) is 4.84. The molecule has 0 spiro atoms. The molecule has 4 heteroatoms. The average molecular weight is 254 g/mol. The lowest BCUT2D eigenvalue weighted by Crippen LogP contribution is -2.39. The Morgan fingerprint density at radius 1 is 1.16 bits per heavy atom. The summed E-state index contributed by atoms with van der Waals surface area (Å²) in [5, 5.41) is 0. The summed E-state index contributed by atoms with van der Waals surface area (Å²) in [6.45, 7) is 2.40. The van der Waals surface area contributed by atoms with Crippen molar-refractivity contribution < 1.29 is 0 Å². The third-order valence-corrected chi connectivity index (χ3v) is 3.71. The van der Waals surface area contributed by atoms with Crippen LogP contribution in [0.4, 0.5) is 0 Å². The summed E-state index contributed by atoms with van der Waals surface area (Å²) in [4.78, 5) is 11.0. The SMILES string of the molecule is NCC1c2ccccc2CCN1Cc1ncccn1. The molecule has 19 heavy (non-hydrogen) atoms. The maximum atomic E-state index is 5.98. The highest BCUT2D eigenvalue weighted by Crippen LogP contribution is 2.29. The van der Waals surface area contributed by atoms with E-state index in [2.05, 4.69) is 39.1 Å². The molecule has 4 nitrogen and oxygen atoms in total. The van der Waals surface area contributed by atoms with Gasteiger partial charge in [-0.25, -0.2) is 9.97 Å². The highest BCUT2D eigenvalue weighted by molar-refractivity contribution is 5.32. The quantitative estimate of drug-likeness (QED) is 0.902. The maximum Gasteiger partial charge on any atom is 0.142 e. The fourth-order valence-corrected chi connectivity index (χ4v) is 2.76. The molecule has 0 bridgehead atoms. The molecule has 98 valence electrons. The van der Waals surface area contributed by atoms with Crippen molar-refractivity contribution in [3.05, 3.63) is 59.7 Å². The topological polar surface area (TPSA) is 55.0 Å². The first-order valence-corrected chi connectivity index (χ1v) is 6.66. The van der Waals surface area contributed by atoms with Crippen LogP contribution < -0.4 is 5.73 Å². The van der Waals surface area contributed by atoms with E-state index in [1.807, 2.05) is 6.07 Å². The molecule has 1 unspecified atom stereocenters. The highest BCUT2D eigenvalue weighted by Gasteiger charge is 2.26. The summed E-state index contributed by atoms with van der Waals surface area (Å²) >= 11 is 0. The van der Waals surface area contributed by atoms with Crippen molar-refractivity contribution in [3.63, 3.8) is 0 Å². The van der Waals surface area contributed by atoms with Crippen LogP contribution in [-0.2, 0) is 13.0 Å². The zero-order valence-electron chi connectivity index (χ0n) is 10.9. The molecule has 2 N–H and O–H groups in total. The fourth-order valence-electron chi connectivity index (χ4n) is 2.76. The normalized spacial score (nSPS) is 19.1. The molecule has 3 rings (SSSR count). The van der Waals surface area contributed by atoms with Gasteiger partial charge in [0.25, 0.3) is 0 Å². The summed E-state index contributed by atoms with van der Waals surface area (Å²) in [7, 11) is 0. The zero-order chi connectivity index (χ0) is 13.1. The second-order valence-electron chi connectivity index (χ2n) is 4.84. The number of benzene rings is 1. The average Bonchev–Trinajstić information content (AvgIpc) is 2.48. The minimum atomic E-state index is 0.272. The minimum absolute atomic E-state index is 0.272. The summed E-state index contributed by atoms with van der Waals surface area (Å²) in [6.07, 6.45) is 4.65. The number of rotatable bonds is 3. The van der Waals surface area contributed by atoms with Crippen molar-refractivity contribution in [2.45, 2.75) is 19.0 Å². The van der Waals surface area contributed by atoms with Crippen molar-refractivity contribution in [1.29, 1.82) is 0 Å². The Bertz CT molecular complexity index is 541. The van der Waals surface area contributed by atoms with E-state index in [0.717, 1.165) is 25.3 Å². The van der Waals surface area contributed by atoms with Gasteiger partial charge in [0, 0.05) is 31.5 Å². The Kier molecular flexibility index (Phi) is 3.53. The predicted molar refractivity (Wildman–Crippen MR) is 74.4 cm³/mol. The van der Waals surface area contributed by atoms with Crippen LogP contribution in [-0.4, -0.2) is 28.0 Å². The van der Waals surface area contributed by atoms with Gasteiger partial charge in [-0.2, -0.15) is 0 Å². The predicted octanol–water partition coefficient (Wildman–Crippen LogP) is 1.53. The molecule has 1 aromatic carbocycles. The lowest BCUT2D eigenvalue weighted by molar-refractivity contribution is 0.176. The van der Waals surface area contributed by atoms with Crippen LogP contribution >= 0.6 is 0 Å². The van der Waals surface area contributed by atoms with Gasteiger partial charge in [-0.05, 0) is 23.6 Å². The van der Waals surface area contributed by atoms with Gasteiger partial charge in [0.1, 0.15) is 5.82 Å². The Labute approximate surface area is 113 Å². The van der Waals surface area contributed by atoms with Crippen LogP contribution in [0.1, 0.15) is 23.0 Å². The molecule has 1 aliphatic rings. The first kappa shape index (κ1) is 12.3. The van der Waals surface area contributed by atoms with Crippen LogP contribution in [0, 0.1) is 0 Å². The van der Waals surface area contributed by atoms with E-state index >= 15 is 0 Å². The lowest BCUT2D eigenvalue weighted by atomic mass is 9.92. The van der Waals surface area contributed by atoms with Gasteiger partial charge in [-0.15, -0.1) is 0 Å². The minimum Gasteiger partial charge on any atom is -0.329 e. The second kappa shape index (κ2) is 5.47. The maximum absolute atomic E-state index is 5.98. The molecule has 1 atom stereocenters. The Morgan fingerprint density at radius 3 is 2.74 bits per heavy atom. The Morgan fingerprint density at radius 2 is 1.95 bits per heavy atom. The number of hydrogen-bond acceptors (Lipinski definition) is 4. The molecule has 0 saturated heterocycles. The highest BCUT2D eigenvalue weighted by atomic mass is 15.2. The van der Waals surface area contributed by atoms with E-state index in [1.54, 1.807) is 12.4 Å². The molecule has 1 aliphatic heterocycles. The summed E-state index contributed by atoms with van der Waals surface area (Å²) in [5.74, 6) is 0.861. The first-order valence-electron chi connectivity index (χ1n) is 6.66. The number of nitrogens with two attached hydrogens (primary N) is 1. The molecular formula is C15H18N4. The van der Waals surface area contributed by atoms with Crippen molar-refractivity contribution in [2.75, 3.05) is 13.1 Å². The van der Waals surface area contributed by atoms with Gasteiger partial charge in [0.15, 0.2) is 0 Å². The van der Waals surface area contributed by atoms with Gasteiger partial charge in [-0.3, -0.25) is 4.90 Å². The van der Waals surface area contributed by atoms with Gasteiger partial charge >= 0.3 is 0 Å². The van der Waals surface area contributed by atoms with Crippen molar-refractivity contribution in [3.8, 4) is 0 Å². The number of nitrogens with zero attached hydrogens (tertiary/aromatic N) is 3. The van der Waals surface area contributed by atoms with Crippen LogP contribution in [0.2, 0.25) is 0 Å². The molecule has 2 aromatic rings. The Balaban J connectivity index is 1.84. The number of aromatic nitrogens is 2. The molecule has 0 fully saturated rings. The standard InChI is InChI=1S/C15H18N4/c16-10-14-13-5-2-1-4-12(13)6-9-19(14)11-15-17-7-3-8-18-15/h1-5,7-8,14H,6,9-11,16H2. The van der Waals surface area contributed by atoms with E-state index < -0.39 is 0 Å². The van der Waals surface area contributed by atoms with Crippen LogP contribution in [0.15, 0.2) is 42.7 Å². The van der Waals surface area contributed by atoms with Crippen LogP contribution in [0.25, 0.3) is 0 Å². The van der Waals surface area contributed by atoms with E-state index in [-0.39, 0.29) is 6.04 Å². The molecule has 0 aliphatic carbocycles. The summed E-state index contributed by atoms with van der Waals surface area (Å²) < 4.78 is 0. The Hall–Kier alpha value is -1.78. The van der Waals surface area contributed by atoms with E-state index in [4.69, 9.17) is 5.73 Å². The van der Waals surface area contributed by atoms with E-state index in [0.29, 0.717) is 6.54 Å². The van der Waals surface area contributed by atoms with Gasteiger partial charge in [0.2, 0.25) is 0 Å². The number of hydrogen-bond donors (Lipinski definition) is 1. The van der Waals surface area contributed by atoms with Crippen LogP contribution in [0.5, 0.6) is 0 Å². The smallest absolute Gasteiger partial charge is 0.142 e. The van der Waals surface area contributed by atoms with Gasteiger partial charge < -0.3 is 5.73 Å². The summed E-state index contributed by atoms with van der Waals surface area (Å²) in [5.41, 5.74) is 8.75. The molecule has 1 aromatic heterocycles. The van der Waals surface area contributed by atoms with Crippen molar-refractivity contribution in [2.24, 2.45) is 5.73 Å².